The summed E-state index contributed by atoms with van der Waals surface area (Å²) in [5.74, 6) is -2.19. The predicted molar refractivity (Wildman–Crippen MR) is 70.7 cm³/mol. The van der Waals surface area contributed by atoms with Gasteiger partial charge in [0.1, 0.15) is 5.82 Å². The molecular weight excluding hydrogens is 266 g/mol. The SMILES string of the molecule is CN(C)c1cc(NC(=O)c2ccc(F)nc2F)ccn1. The van der Waals surface area contributed by atoms with Gasteiger partial charge in [-0.1, -0.05) is 0 Å². The van der Waals surface area contributed by atoms with Crippen LogP contribution in [0.1, 0.15) is 10.4 Å². The third-order valence-electron chi connectivity index (χ3n) is 2.52. The van der Waals surface area contributed by atoms with Crippen molar-refractivity contribution >= 4 is 17.4 Å². The Bertz CT molecular complexity index is 646. The highest BCUT2D eigenvalue weighted by molar-refractivity contribution is 6.04. The Morgan fingerprint density at radius 1 is 1.25 bits per heavy atom. The van der Waals surface area contributed by atoms with Crippen LogP contribution in [0.4, 0.5) is 20.3 Å². The molecule has 2 aromatic rings. The summed E-state index contributed by atoms with van der Waals surface area (Å²) in [5, 5.41) is 2.51. The molecule has 104 valence electrons. The number of carbonyl (C=O) groups is 1. The van der Waals surface area contributed by atoms with E-state index >= 15 is 0 Å². The second kappa shape index (κ2) is 5.60. The smallest absolute Gasteiger partial charge is 0.260 e. The highest BCUT2D eigenvalue weighted by atomic mass is 19.1. The van der Waals surface area contributed by atoms with Crippen molar-refractivity contribution in [2.75, 3.05) is 24.3 Å². The lowest BCUT2D eigenvalue weighted by Crippen LogP contribution is -2.16. The maximum absolute atomic E-state index is 13.4. The van der Waals surface area contributed by atoms with E-state index in [4.69, 9.17) is 0 Å². The van der Waals surface area contributed by atoms with Crippen LogP contribution >= 0.6 is 0 Å². The Hall–Kier alpha value is -2.57. The van der Waals surface area contributed by atoms with Crippen molar-refractivity contribution in [3.63, 3.8) is 0 Å². The summed E-state index contributed by atoms with van der Waals surface area (Å²) in [5.41, 5.74) is 0.132. The van der Waals surface area contributed by atoms with Crippen molar-refractivity contribution in [2.24, 2.45) is 0 Å². The lowest BCUT2D eigenvalue weighted by Gasteiger charge is -2.12. The summed E-state index contributed by atoms with van der Waals surface area (Å²) in [6.45, 7) is 0. The van der Waals surface area contributed by atoms with E-state index < -0.39 is 17.8 Å². The second-order valence-corrected chi connectivity index (χ2v) is 4.22. The number of hydrogen-bond acceptors (Lipinski definition) is 4. The minimum Gasteiger partial charge on any atom is -0.363 e. The highest BCUT2D eigenvalue weighted by Crippen LogP contribution is 2.15. The van der Waals surface area contributed by atoms with E-state index in [1.807, 2.05) is 0 Å². The maximum atomic E-state index is 13.4. The Morgan fingerprint density at radius 3 is 2.65 bits per heavy atom. The van der Waals surface area contributed by atoms with Gasteiger partial charge in [0, 0.05) is 32.0 Å². The molecule has 0 aromatic carbocycles. The van der Waals surface area contributed by atoms with Crippen LogP contribution in [0.2, 0.25) is 0 Å². The van der Waals surface area contributed by atoms with E-state index in [9.17, 15) is 13.6 Å². The van der Waals surface area contributed by atoms with Gasteiger partial charge in [-0.3, -0.25) is 4.79 Å². The van der Waals surface area contributed by atoms with Gasteiger partial charge < -0.3 is 10.2 Å². The van der Waals surface area contributed by atoms with Gasteiger partial charge in [-0.15, -0.1) is 0 Å². The van der Waals surface area contributed by atoms with Gasteiger partial charge in [-0.25, -0.2) is 4.98 Å². The van der Waals surface area contributed by atoms with E-state index in [1.54, 1.807) is 31.1 Å². The number of aromatic nitrogens is 2. The zero-order valence-corrected chi connectivity index (χ0v) is 10.9. The van der Waals surface area contributed by atoms with Crippen LogP contribution in [0.5, 0.6) is 0 Å². The molecule has 0 saturated heterocycles. The highest BCUT2D eigenvalue weighted by Gasteiger charge is 2.14. The first-order chi connectivity index (χ1) is 9.47. The second-order valence-electron chi connectivity index (χ2n) is 4.22. The van der Waals surface area contributed by atoms with Gasteiger partial charge in [0.05, 0.1) is 5.56 Å². The quantitative estimate of drug-likeness (QED) is 0.873. The van der Waals surface area contributed by atoms with E-state index in [0.29, 0.717) is 11.5 Å². The summed E-state index contributed by atoms with van der Waals surface area (Å²) in [6, 6.07) is 5.17. The summed E-state index contributed by atoms with van der Waals surface area (Å²) in [6.07, 6.45) is 1.52. The molecule has 20 heavy (non-hydrogen) atoms. The molecule has 2 aromatic heterocycles. The standard InChI is InChI=1S/C13H12F2N4O/c1-19(2)11-7-8(5-6-16-11)17-13(20)9-3-4-10(14)18-12(9)15/h3-7H,1-2H3,(H,16,17,20). The molecule has 2 heterocycles. The lowest BCUT2D eigenvalue weighted by atomic mass is 10.2. The zero-order chi connectivity index (χ0) is 14.7. The first-order valence-electron chi connectivity index (χ1n) is 5.74. The number of hydrogen-bond donors (Lipinski definition) is 1. The number of anilines is 2. The molecular formula is C13H12F2N4O. The van der Waals surface area contributed by atoms with E-state index in [-0.39, 0.29) is 5.56 Å². The van der Waals surface area contributed by atoms with Crippen LogP contribution in [0.25, 0.3) is 0 Å². The molecule has 0 radical (unpaired) electrons. The Labute approximate surface area is 114 Å². The molecule has 0 aliphatic heterocycles. The third-order valence-corrected chi connectivity index (χ3v) is 2.52. The van der Waals surface area contributed by atoms with Gasteiger partial charge in [0.25, 0.3) is 5.91 Å². The first kappa shape index (κ1) is 13.9. The molecule has 2 rings (SSSR count). The van der Waals surface area contributed by atoms with Crippen LogP contribution < -0.4 is 10.2 Å². The van der Waals surface area contributed by atoms with Crippen molar-refractivity contribution in [1.29, 1.82) is 0 Å². The van der Waals surface area contributed by atoms with Crippen LogP contribution in [-0.4, -0.2) is 30.0 Å². The van der Waals surface area contributed by atoms with Gasteiger partial charge in [-0.05, 0) is 18.2 Å². The molecule has 0 aliphatic rings. The monoisotopic (exact) mass is 278 g/mol. The van der Waals surface area contributed by atoms with Crippen molar-refractivity contribution in [3.05, 3.63) is 47.9 Å². The Kier molecular flexibility index (Phi) is 3.88. The first-order valence-corrected chi connectivity index (χ1v) is 5.74. The fourth-order valence-electron chi connectivity index (χ4n) is 1.52. The van der Waals surface area contributed by atoms with E-state index in [0.717, 1.165) is 12.1 Å². The fourth-order valence-corrected chi connectivity index (χ4v) is 1.52. The number of rotatable bonds is 3. The van der Waals surface area contributed by atoms with E-state index in [2.05, 4.69) is 15.3 Å². The van der Waals surface area contributed by atoms with E-state index in [1.165, 1.54) is 6.20 Å². The summed E-state index contributed by atoms with van der Waals surface area (Å²) < 4.78 is 26.1. The number of amides is 1. The molecule has 1 N–H and O–H groups in total. The molecule has 1 amide bonds. The Balaban J connectivity index is 2.21. The molecule has 0 fully saturated rings. The normalized spacial score (nSPS) is 10.2. The van der Waals surface area contributed by atoms with Crippen LogP contribution in [0, 0.1) is 11.9 Å². The van der Waals surface area contributed by atoms with Crippen molar-refractivity contribution < 1.29 is 13.6 Å². The molecule has 0 saturated carbocycles. The molecule has 0 atom stereocenters. The van der Waals surface area contributed by atoms with Crippen molar-refractivity contribution in [3.8, 4) is 0 Å². The molecule has 0 unspecified atom stereocenters. The lowest BCUT2D eigenvalue weighted by molar-refractivity contribution is 0.102. The largest absolute Gasteiger partial charge is 0.363 e. The van der Waals surface area contributed by atoms with Gasteiger partial charge >= 0.3 is 0 Å². The van der Waals surface area contributed by atoms with Gasteiger partial charge in [0.15, 0.2) is 0 Å². The number of carbonyl (C=O) groups excluding carboxylic acids is 1. The van der Waals surface area contributed by atoms with Gasteiger partial charge in [-0.2, -0.15) is 13.8 Å². The predicted octanol–water partition coefficient (Wildman–Crippen LogP) is 2.07. The summed E-state index contributed by atoms with van der Waals surface area (Å²) in [4.78, 5) is 20.7. The average Bonchev–Trinajstić information content (AvgIpc) is 2.38. The van der Waals surface area contributed by atoms with Crippen LogP contribution in [0.3, 0.4) is 0 Å². The molecule has 0 aliphatic carbocycles. The molecule has 0 spiro atoms. The average molecular weight is 278 g/mol. The fraction of sp³-hybridized carbons (Fsp3) is 0.154. The van der Waals surface area contributed by atoms with Gasteiger partial charge in [0.2, 0.25) is 11.9 Å². The van der Waals surface area contributed by atoms with Crippen LogP contribution in [-0.2, 0) is 0 Å². The van der Waals surface area contributed by atoms with Crippen molar-refractivity contribution in [1.82, 2.24) is 9.97 Å². The van der Waals surface area contributed by atoms with Crippen LogP contribution in [0.15, 0.2) is 30.5 Å². The Morgan fingerprint density at radius 2 is 2.00 bits per heavy atom. The maximum Gasteiger partial charge on any atom is 0.260 e. The minimum atomic E-state index is -1.15. The number of pyridine rings is 2. The summed E-state index contributed by atoms with van der Waals surface area (Å²) >= 11 is 0. The molecule has 0 bridgehead atoms. The number of nitrogens with one attached hydrogen (secondary N) is 1. The third kappa shape index (κ3) is 3.05. The summed E-state index contributed by atoms with van der Waals surface area (Å²) in [7, 11) is 3.61. The minimum absolute atomic E-state index is 0.324. The van der Waals surface area contributed by atoms with Crippen molar-refractivity contribution in [2.45, 2.75) is 0 Å². The number of halogens is 2. The number of nitrogens with zero attached hydrogens (tertiary/aromatic N) is 3. The zero-order valence-electron chi connectivity index (χ0n) is 10.9. The molecule has 5 nitrogen and oxygen atoms in total. The topological polar surface area (TPSA) is 58.1 Å². The molecule has 7 heteroatoms.